The number of thioether (sulfide) groups is 1. The minimum absolute atomic E-state index is 0.463. The maximum Gasteiger partial charge on any atom is 0.156 e. The first-order valence-corrected chi connectivity index (χ1v) is 9.01. The minimum atomic E-state index is 0.463. The quantitative estimate of drug-likeness (QED) is 0.834. The maximum atomic E-state index is 4.83. The van der Waals surface area contributed by atoms with Crippen molar-refractivity contribution in [2.75, 3.05) is 12.3 Å². The van der Waals surface area contributed by atoms with E-state index in [0.717, 1.165) is 18.4 Å². The molecule has 1 N–H and O–H groups in total. The highest BCUT2D eigenvalue weighted by atomic mass is 32.2. The lowest BCUT2D eigenvalue weighted by Gasteiger charge is -2.36. The molecule has 1 aliphatic carbocycles. The van der Waals surface area contributed by atoms with Gasteiger partial charge in [-0.3, -0.25) is 4.99 Å². The van der Waals surface area contributed by atoms with Crippen molar-refractivity contribution in [3.05, 3.63) is 0 Å². The Morgan fingerprint density at radius 3 is 2.47 bits per heavy atom. The van der Waals surface area contributed by atoms with Crippen molar-refractivity contribution < 1.29 is 0 Å². The van der Waals surface area contributed by atoms with Crippen LogP contribution in [0.5, 0.6) is 0 Å². The van der Waals surface area contributed by atoms with Gasteiger partial charge in [0, 0.05) is 18.3 Å². The average molecular weight is 282 g/mol. The Morgan fingerprint density at radius 1 is 1.21 bits per heavy atom. The van der Waals surface area contributed by atoms with Gasteiger partial charge in [-0.05, 0) is 49.4 Å². The van der Waals surface area contributed by atoms with Crippen LogP contribution in [0, 0.1) is 17.3 Å². The molecule has 1 fully saturated rings. The van der Waals surface area contributed by atoms with Gasteiger partial charge in [0.05, 0.1) is 0 Å². The second-order valence-electron chi connectivity index (χ2n) is 6.73. The molecule has 2 aliphatic rings. The zero-order chi connectivity index (χ0) is 13.9. The van der Waals surface area contributed by atoms with Crippen molar-refractivity contribution in [3.8, 4) is 0 Å². The number of nitrogens with zero attached hydrogens (tertiary/aromatic N) is 1. The van der Waals surface area contributed by atoms with E-state index in [4.69, 9.17) is 4.99 Å². The first-order valence-electron chi connectivity index (χ1n) is 8.02. The molecule has 0 bridgehead atoms. The lowest BCUT2D eigenvalue weighted by atomic mass is 9.79. The molecule has 0 amide bonds. The fraction of sp³-hybridized carbons (Fsp3) is 0.938. The summed E-state index contributed by atoms with van der Waals surface area (Å²) < 4.78 is 0. The molecular weight excluding hydrogens is 252 g/mol. The number of amidine groups is 1. The van der Waals surface area contributed by atoms with Crippen molar-refractivity contribution in [3.63, 3.8) is 0 Å². The highest BCUT2D eigenvalue weighted by molar-refractivity contribution is 8.13. The predicted molar refractivity (Wildman–Crippen MR) is 86.9 cm³/mol. The molecule has 19 heavy (non-hydrogen) atoms. The van der Waals surface area contributed by atoms with E-state index < -0.39 is 0 Å². The standard InChI is InChI=1S/C16H30N2S/c1-5-16(6-2)10-17-15(19-11-16)18-14-8-7-12(3)13(4)9-14/h12-14H,5-11H2,1-4H3,(H,17,18). The molecule has 0 aromatic rings. The van der Waals surface area contributed by atoms with Crippen LogP contribution < -0.4 is 5.32 Å². The second-order valence-corrected chi connectivity index (χ2v) is 7.69. The first-order chi connectivity index (χ1) is 9.08. The Morgan fingerprint density at radius 2 is 1.95 bits per heavy atom. The molecule has 2 nitrogen and oxygen atoms in total. The number of aliphatic imine (C=N–C) groups is 1. The summed E-state index contributed by atoms with van der Waals surface area (Å²) in [5.41, 5.74) is 0.463. The molecule has 1 aliphatic heterocycles. The first kappa shape index (κ1) is 15.2. The van der Waals surface area contributed by atoms with E-state index in [9.17, 15) is 0 Å². The molecule has 3 heteroatoms. The second kappa shape index (κ2) is 6.51. The van der Waals surface area contributed by atoms with Gasteiger partial charge in [-0.1, -0.05) is 39.5 Å². The summed E-state index contributed by atoms with van der Waals surface area (Å²) in [4.78, 5) is 4.83. The van der Waals surface area contributed by atoms with E-state index in [2.05, 4.69) is 33.0 Å². The fourth-order valence-corrected chi connectivity index (χ4v) is 4.52. The normalized spacial score (nSPS) is 34.7. The van der Waals surface area contributed by atoms with E-state index in [1.807, 2.05) is 11.8 Å². The van der Waals surface area contributed by atoms with Crippen LogP contribution in [0.25, 0.3) is 0 Å². The summed E-state index contributed by atoms with van der Waals surface area (Å²) in [7, 11) is 0. The molecule has 3 unspecified atom stereocenters. The van der Waals surface area contributed by atoms with Gasteiger partial charge in [0.15, 0.2) is 5.17 Å². The molecule has 0 spiro atoms. The van der Waals surface area contributed by atoms with Gasteiger partial charge in [-0.2, -0.15) is 0 Å². The van der Waals surface area contributed by atoms with Gasteiger partial charge in [0.25, 0.3) is 0 Å². The third-order valence-electron chi connectivity index (χ3n) is 5.50. The number of hydrogen-bond donors (Lipinski definition) is 1. The molecule has 1 saturated carbocycles. The molecule has 0 radical (unpaired) electrons. The molecule has 3 atom stereocenters. The van der Waals surface area contributed by atoms with Crippen LogP contribution in [0.1, 0.15) is 59.8 Å². The third kappa shape index (κ3) is 3.68. The summed E-state index contributed by atoms with van der Waals surface area (Å²) in [5.74, 6) is 2.99. The zero-order valence-electron chi connectivity index (χ0n) is 13.0. The van der Waals surface area contributed by atoms with Gasteiger partial charge in [-0.25, -0.2) is 0 Å². The van der Waals surface area contributed by atoms with Gasteiger partial charge in [0.2, 0.25) is 0 Å². The van der Waals surface area contributed by atoms with Crippen LogP contribution in [0.2, 0.25) is 0 Å². The van der Waals surface area contributed by atoms with E-state index in [0.29, 0.717) is 11.5 Å². The van der Waals surface area contributed by atoms with Gasteiger partial charge in [-0.15, -0.1) is 0 Å². The number of hydrogen-bond acceptors (Lipinski definition) is 3. The van der Waals surface area contributed by atoms with Gasteiger partial charge < -0.3 is 5.32 Å². The van der Waals surface area contributed by atoms with E-state index in [1.54, 1.807) is 0 Å². The zero-order valence-corrected chi connectivity index (χ0v) is 13.9. The molecule has 2 rings (SSSR count). The summed E-state index contributed by atoms with van der Waals surface area (Å²) in [6.07, 6.45) is 6.51. The van der Waals surface area contributed by atoms with Crippen molar-refractivity contribution in [2.24, 2.45) is 22.2 Å². The van der Waals surface area contributed by atoms with Crippen LogP contribution >= 0.6 is 11.8 Å². The Balaban J connectivity index is 1.86. The topological polar surface area (TPSA) is 24.4 Å². The van der Waals surface area contributed by atoms with E-state index >= 15 is 0 Å². The monoisotopic (exact) mass is 282 g/mol. The van der Waals surface area contributed by atoms with Crippen LogP contribution in [-0.2, 0) is 0 Å². The van der Waals surface area contributed by atoms with Crippen molar-refractivity contribution in [1.82, 2.24) is 5.32 Å². The Hall–Kier alpha value is -0.180. The summed E-state index contributed by atoms with van der Waals surface area (Å²) in [6, 6.07) is 0.660. The van der Waals surface area contributed by atoms with Crippen LogP contribution in [0.3, 0.4) is 0 Å². The van der Waals surface area contributed by atoms with Gasteiger partial charge >= 0.3 is 0 Å². The highest BCUT2D eigenvalue weighted by Crippen LogP contribution is 2.35. The van der Waals surface area contributed by atoms with Crippen LogP contribution in [0.4, 0.5) is 0 Å². The highest BCUT2D eigenvalue weighted by Gasteiger charge is 2.31. The average Bonchev–Trinajstić information content (AvgIpc) is 2.44. The van der Waals surface area contributed by atoms with Gasteiger partial charge in [0.1, 0.15) is 0 Å². The van der Waals surface area contributed by atoms with Crippen molar-refractivity contribution >= 4 is 16.9 Å². The number of nitrogens with one attached hydrogen (secondary N) is 1. The molecule has 0 aromatic heterocycles. The minimum Gasteiger partial charge on any atom is -0.362 e. The van der Waals surface area contributed by atoms with Crippen LogP contribution in [0.15, 0.2) is 4.99 Å². The summed E-state index contributed by atoms with van der Waals surface area (Å²) >= 11 is 1.95. The van der Waals surface area contributed by atoms with Crippen molar-refractivity contribution in [2.45, 2.75) is 65.8 Å². The van der Waals surface area contributed by atoms with Crippen molar-refractivity contribution in [1.29, 1.82) is 0 Å². The molecule has 110 valence electrons. The molecule has 0 saturated heterocycles. The molecule has 0 aromatic carbocycles. The molecule has 1 heterocycles. The number of rotatable bonds is 3. The van der Waals surface area contributed by atoms with E-state index in [1.165, 1.54) is 43.0 Å². The van der Waals surface area contributed by atoms with E-state index in [-0.39, 0.29) is 0 Å². The summed E-state index contributed by atoms with van der Waals surface area (Å²) in [6.45, 7) is 10.4. The van der Waals surface area contributed by atoms with Crippen LogP contribution in [-0.4, -0.2) is 23.5 Å². The lowest BCUT2D eigenvalue weighted by molar-refractivity contribution is 0.240. The smallest absolute Gasteiger partial charge is 0.156 e. The SMILES string of the molecule is CCC1(CC)CN=C(NC2CCC(C)C(C)C2)SC1. The molecular formula is C16H30N2S. The largest absolute Gasteiger partial charge is 0.362 e. The fourth-order valence-electron chi connectivity index (χ4n) is 3.17. The predicted octanol–water partition coefficient (Wildman–Crippen LogP) is 4.31. The Kier molecular flexibility index (Phi) is 5.22. The summed E-state index contributed by atoms with van der Waals surface area (Å²) in [5, 5.41) is 4.92. The maximum absolute atomic E-state index is 4.83. The third-order valence-corrected chi connectivity index (χ3v) is 6.78. The Labute approximate surface area is 123 Å². The Bertz CT molecular complexity index is 323. The lowest BCUT2D eigenvalue weighted by Crippen LogP contribution is -2.42.